The molecule has 4 heteroatoms. The summed E-state index contributed by atoms with van der Waals surface area (Å²) >= 11 is 0. The molecule has 0 aliphatic carbocycles. The number of rotatable bonds is 5. The van der Waals surface area contributed by atoms with Crippen LogP contribution in [0.25, 0.3) is 28.5 Å². The Morgan fingerprint density at radius 1 is 0.742 bits per heavy atom. The van der Waals surface area contributed by atoms with Gasteiger partial charge in [0.1, 0.15) is 5.82 Å². The zero-order valence-electron chi connectivity index (χ0n) is 19.2. The second-order valence-electron chi connectivity index (χ2n) is 8.77. The van der Waals surface area contributed by atoms with E-state index in [1.165, 1.54) is 16.8 Å². The van der Waals surface area contributed by atoms with Crippen molar-refractivity contribution in [1.29, 1.82) is 0 Å². The van der Waals surface area contributed by atoms with E-state index in [1.807, 2.05) is 26.1 Å². The maximum absolute atomic E-state index is 4.76. The van der Waals surface area contributed by atoms with Gasteiger partial charge in [0.15, 0.2) is 5.82 Å². The Bertz CT molecular complexity index is 1170. The lowest BCUT2D eigenvalue weighted by Gasteiger charge is -2.22. The molecule has 4 aromatic rings. The largest absolute Gasteiger partial charge is 0.299 e. The molecule has 0 amide bonds. The number of aryl methyl sites for hydroxylation is 2. The predicted octanol–water partition coefficient (Wildman–Crippen LogP) is 6.86. The molecule has 4 rings (SSSR count). The number of hydrogen-bond acceptors (Lipinski definition) is 3. The lowest BCUT2D eigenvalue weighted by molar-refractivity contribution is 0.807. The molecular formula is C27H30N4. The Morgan fingerprint density at radius 3 is 1.94 bits per heavy atom. The van der Waals surface area contributed by atoms with Gasteiger partial charge in [-0.25, -0.2) is 15.0 Å². The number of imidazole rings is 1. The molecule has 0 spiro atoms. The highest BCUT2D eigenvalue weighted by Gasteiger charge is 2.19. The molecule has 0 aliphatic rings. The highest BCUT2D eigenvalue weighted by molar-refractivity contribution is 5.68. The summed E-state index contributed by atoms with van der Waals surface area (Å²) in [6.07, 6.45) is 3.96. The van der Waals surface area contributed by atoms with Crippen molar-refractivity contribution in [2.45, 2.75) is 53.4 Å². The molecular weight excluding hydrogens is 380 g/mol. The van der Waals surface area contributed by atoms with Gasteiger partial charge < -0.3 is 0 Å². The van der Waals surface area contributed by atoms with Crippen LogP contribution < -0.4 is 0 Å². The molecule has 0 radical (unpaired) electrons. The molecule has 0 saturated carbocycles. The average molecular weight is 411 g/mol. The summed E-state index contributed by atoms with van der Waals surface area (Å²) in [5.41, 5.74) is 7.91. The van der Waals surface area contributed by atoms with E-state index in [-0.39, 0.29) is 0 Å². The predicted molar refractivity (Wildman–Crippen MR) is 128 cm³/mol. The van der Waals surface area contributed by atoms with Gasteiger partial charge in [0.2, 0.25) is 0 Å². The third-order valence-corrected chi connectivity index (χ3v) is 5.59. The highest BCUT2D eigenvalue weighted by Crippen LogP contribution is 2.34. The van der Waals surface area contributed by atoms with E-state index < -0.39 is 0 Å². The highest BCUT2D eigenvalue weighted by atomic mass is 15.1. The molecule has 4 nitrogen and oxygen atoms in total. The Balaban J connectivity index is 1.88. The molecule has 0 saturated heterocycles. The Labute approximate surface area is 185 Å². The number of nitrogens with zero attached hydrogens (tertiary/aromatic N) is 4. The monoisotopic (exact) mass is 410 g/mol. The van der Waals surface area contributed by atoms with Gasteiger partial charge >= 0.3 is 0 Å². The lowest BCUT2D eigenvalue weighted by atomic mass is 9.92. The van der Waals surface area contributed by atoms with Crippen molar-refractivity contribution in [3.05, 3.63) is 83.4 Å². The maximum atomic E-state index is 4.76. The van der Waals surface area contributed by atoms with Crippen LogP contribution in [0.1, 0.15) is 62.0 Å². The second-order valence-corrected chi connectivity index (χ2v) is 8.77. The van der Waals surface area contributed by atoms with Crippen LogP contribution >= 0.6 is 0 Å². The molecule has 0 fully saturated rings. The quantitative estimate of drug-likeness (QED) is 0.361. The fourth-order valence-corrected chi connectivity index (χ4v) is 4.14. The number of para-hydroxylation sites is 1. The van der Waals surface area contributed by atoms with Crippen LogP contribution in [-0.4, -0.2) is 19.5 Å². The molecule has 0 aliphatic heterocycles. The first kappa shape index (κ1) is 21.0. The minimum absolute atomic E-state index is 0.416. The van der Waals surface area contributed by atoms with Crippen molar-refractivity contribution in [2.75, 3.05) is 0 Å². The molecule has 0 N–H and O–H groups in total. The van der Waals surface area contributed by atoms with Crippen LogP contribution in [0.5, 0.6) is 0 Å². The van der Waals surface area contributed by atoms with Crippen LogP contribution in [0.15, 0.2) is 60.9 Å². The fraction of sp³-hybridized carbons (Fsp3) is 0.296. The number of aromatic nitrogens is 4. The minimum Gasteiger partial charge on any atom is -0.299 e. The molecule has 0 atom stereocenters. The SMILES string of the molecule is Cc1cc(C)nc(-c2cccc(-c3nccn3-c3c(C(C)C)cccc3C(C)C)c2)n1. The van der Waals surface area contributed by atoms with Crippen LogP contribution in [0.2, 0.25) is 0 Å². The summed E-state index contributed by atoms with van der Waals surface area (Å²) in [6, 6.07) is 17.0. The van der Waals surface area contributed by atoms with E-state index in [9.17, 15) is 0 Å². The molecule has 0 unspecified atom stereocenters. The molecule has 2 heterocycles. The van der Waals surface area contributed by atoms with Crippen molar-refractivity contribution in [1.82, 2.24) is 19.5 Å². The van der Waals surface area contributed by atoms with E-state index >= 15 is 0 Å². The minimum atomic E-state index is 0.416. The number of benzene rings is 2. The first-order chi connectivity index (χ1) is 14.8. The Kier molecular flexibility index (Phi) is 5.73. The molecule has 2 aromatic carbocycles. The van der Waals surface area contributed by atoms with Gasteiger partial charge in [-0.05, 0) is 48.9 Å². The van der Waals surface area contributed by atoms with Crippen molar-refractivity contribution < 1.29 is 0 Å². The van der Waals surface area contributed by atoms with Gasteiger partial charge in [-0.15, -0.1) is 0 Å². The topological polar surface area (TPSA) is 43.6 Å². The van der Waals surface area contributed by atoms with Crippen molar-refractivity contribution >= 4 is 0 Å². The Morgan fingerprint density at radius 2 is 1.32 bits per heavy atom. The molecule has 158 valence electrons. The van der Waals surface area contributed by atoms with E-state index in [2.05, 4.69) is 90.9 Å². The smallest absolute Gasteiger partial charge is 0.159 e. The van der Waals surface area contributed by atoms with Gasteiger partial charge in [-0.2, -0.15) is 0 Å². The first-order valence-electron chi connectivity index (χ1n) is 10.9. The van der Waals surface area contributed by atoms with E-state index in [0.717, 1.165) is 34.2 Å². The summed E-state index contributed by atoms with van der Waals surface area (Å²) in [6.45, 7) is 13.0. The van der Waals surface area contributed by atoms with Crippen molar-refractivity contribution in [3.8, 4) is 28.5 Å². The third-order valence-electron chi connectivity index (χ3n) is 5.59. The first-order valence-corrected chi connectivity index (χ1v) is 10.9. The van der Waals surface area contributed by atoms with Gasteiger partial charge in [0.25, 0.3) is 0 Å². The van der Waals surface area contributed by atoms with E-state index in [0.29, 0.717) is 11.8 Å². The van der Waals surface area contributed by atoms with Gasteiger partial charge in [-0.3, -0.25) is 4.57 Å². The van der Waals surface area contributed by atoms with Gasteiger partial charge in [-0.1, -0.05) is 64.1 Å². The van der Waals surface area contributed by atoms with Gasteiger partial charge in [0.05, 0.1) is 5.69 Å². The van der Waals surface area contributed by atoms with E-state index in [4.69, 9.17) is 4.98 Å². The fourth-order valence-electron chi connectivity index (χ4n) is 4.14. The van der Waals surface area contributed by atoms with Crippen molar-refractivity contribution in [2.24, 2.45) is 0 Å². The molecule has 31 heavy (non-hydrogen) atoms. The summed E-state index contributed by atoms with van der Waals surface area (Å²) in [7, 11) is 0. The summed E-state index contributed by atoms with van der Waals surface area (Å²) < 4.78 is 2.24. The van der Waals surface area contributed by atoms with Crippen LogP contribution in [0.3, 0.4) is 0 Å². The molecule has 2 aromatic heterocycles. The van der Waals surface area contributed by atoms with Crippen LogP contribution in [0.4, 0.5) is 0 Å². The lowest BCUT2D eigenvalue weighted by Crippen LogP contribution is -2.07. The average Bonchev–Trinajstić information content (AvgIpc) is 3.22. The molecule has 0 bridgehead atoms. The normalized spacial score (nSPS) is 11.5. The maximum Gasteiger partial charge on any atom is 0.159 e. The van der Waals surface area contributed by atoms with Gasteiger partial charge in [0, 0.05) is 34.9 Å². The zero-order valence-corrected chi connectivity index (χ0v) is 19.2. The standard InChI is InChI=1S/C27H30N4/c1-17(2)23-11-8-12-24(18(3)4)25(23)31-14-13-28-27(31)22-10-7-9-21(16-22)26-29-19(5)15-20(6)30-26/h7-18H,1-6H3. The van der Waals surface area contributed by atoms with Crippen LogP contribution in [0, 0.1) is 13.8 Å². The zero-order chi connectivity index (χ0) is 22.1. The summed E-state index contributed by atoms with van der Waals surface area (Å²) in [4.78, 5) is 14.0. The second kappa shape index (κ2) is 8.46. The van der Waals surface area contributed by atoms with Crippen molar-refractivity contribution in [3.63, 3.8) is 0 Å². The summed E-state index contributed by atoms with van der Waals surface area (Å²) in [5, 5.41) is 0. The third kappa shape index (κ3) is 4.15. The summed E-state index contributed by atoms with van der Waals surface area (Å²) in [5.74, 6) is 2.52. The van der Waals surface area contributed by atoms with E-state index in [1.54, 1.807) is 0 Å². The van der Waals surface area contributed by atoms with Crippen LogP contribution in [-0.2, 0) is 0 Å². The Hall–Kier alpha value is -3.27. The number of hydrogen-bond donors (Lipinski definition) is 0.